The lowest BCUT2D eigenvalue weighted by Crippen LogP contribution is -2.51. The van der Waals surface area contributed by atoms with Crippen molar-refractivity contribution < 1.29 is 8.78 Å². The highest BCUT2D eigenvalue weighted by Crippen LogP contribution is 2.23. The predicted octanol–water partition coefficient (Wildman–Crippen LogP) is 2.38. The fourth-order valence-electron chi connectivity index (χ4n) is 3.01. The van der Waals surface area contributed by atoms with Crippen LogP contribution in [-0.4, -0.2) is 48.6 Å². The zero-order valence-corrected chi connectivity index (χ0v) is 12.9. The van der Waals surface area contributed by atoms with Crippen LogP contribution in [0.5, 0.6) is 0 Å². The molecule has 1 aliphatic heterocycles. The second-order valence-corrected chi connectivity index (χ2v) is 5.78. The molecule has 2 rings (SSSR count). The summed E-state index contributed by atoms with van der Waals surface area (Å²) in [5.41, 5.74) is 6.49. The van der Waals surface area contributed by atoms with Gasteiger partial charge in [-0.15, -0.1) is 0 Å². The Morgan fingerprint density at radius 1 is 1.05 bits per heavy atom. The first-order chi connectivity index (χ1) is 10.0. The Morgan fingerprint density at radius 2 is 1.57 bits per heavy atom. The Morgan fingerprint density at radius 3 is 2.05 bits per heavy atom. The molecular formula is C16H25F2N3. The summed E-state index contributed by atoms with van der Waals surface area (Å²) in [5, 5.41) is 0. The highest BCUT2D eigenvalue weighted by atomic mass is 19.1. The molecule has 0 bridgehead atoms. The molecule has 1 aromatic carbocycles. The fourth-order valence-corrected chi connectivity index (χ4v) is 3.01. The number of hydrogen-bond donors (Lipinski definition) is 1. The highest BCUT2D eigenvalue weighted by molar-refractivity contribution is 5.22. The third-order valence-corrected chi connectivity index (χ3v) is 4.50. The van der Waals surface area contributed by atoms with Gasteiger partial charge in [-0.05, 0) is 31.0 Å². The Bertz CT molecular complexity index is 439. The van der Waals surface area contributed by atoms with Gasteiger partial charge in [0.05, 0.1) is 0 Å². The number of nitrogens with zero attached hydrogens (tertiary/aromatic N) is 2. The van der Waals surface area contributed by atoms with Crippen LogP contribution in [0.1, 0.15) is 31.9 Å². The van der Waals surface area contributed by atoms with Crippen LogP contribution in [-0.2, 0) is 0 Å². The summed E-state index contributed by atoms with van der Waals surface area (Å²) >= 11 is 0. The van der Waals surface area contributed by atoms with E-state index in [0.717, 1.165) is 38.7 Å². The van der Waals surface area contributed by atoms with Crippen molar-refractivity contribution in [1.29, 1.82) is 0 Å². The molecule has 2 unspecified atom stereocenters. The number of rotatable bonds is 5. The largest absolute Gasteiger partial charge is 0.329 e. The summed E-state index contributed by atoms with van der Waals surface area (Å²) in [6.45, 7) is 8.50. The van der Waals surface area contributed by atoms with Crippen LogP contribution in [0.15, 0.2) is 18.2 Å². The summed E-state index contributed by atoms with van der Waals surface area (Å²) in [6, 6.07) is 4.14. The lowest BCUT2D eigenvalue weighted by molar-refractivity contribution is 0.0742. The first-order valence-corrected chi connectivity index (χ1v) is 7.69. The molecule has 1 saturated heterocycles. The molecule has 0 spiro atoms. The molecule has 5 heteroatoms. The molecule has 3 nitrogen and oxygen atoms in total. The summed E-state index contributed by atoms with van der Waals surface area (Å²) in [4.78, 5) is 4.68. The van der Waals surface area contributed by atoms with Crippen LogP contribution in [0, 0.1) is 11.6 Å². The van der Waals surface area contributed by atoms with Gasteiger partial charge in [-0.2, -0.15) is 0 Å². The van der Waals surface area contributed by atoms with Gasteiger partial charge in [0.15, 0.2) is 0 Å². The molecule has 1 aromatic rings. The van der Waals surface area contributed by atoms with E-state index in [4.69, 9.17) is 5.73 Å². The molecule has 0 radical (unpaired) electrons. The third-order valence-electron chi connectivity index (χ3n) is 4.50. The molecule has 2 N–H and O–H groups in total. The van der Waals surface area contributed by atoms with Crippen molar-refractivity contribution in [3.05, 3.63) is 35.4 Å². The number of piperazine rings is 1. The maximum atomic E-state index is 13.4. The van der Waals surface area contributed by atoms with Crippen molar-refractivity contribution in [2.24, 2.45) is 5.73 Å². The normalized spacial score (nSPS) is 20.4. The van der Waals surface area contributed by atoms with Gasteiger partial charge >= 0.3 is 0 Å². The van der Waals surface area contributed by atoms with E-state index in [1.807, 2.05) is 0 Å². The Labute approximate surface area is 125 Å². The van der Waals surface area contributed by atoms with Crippen LogP contribution in [0.3, 0.4) is 0 Å². The molecule has 1 heterocycles. The van der Waals surface area contributed by atoms with Gasteiger partial charge < -0.3 is 5.73 Å². The number of nitrogens with two attached hydrogens (primary N) is 1. The van der Waals surface area contributed by atoms with E-state index in [1.165, 1.54) is 12.1 Å². The summed E-state index contributed by atoms with van der Waals surface area (Å²) in [5.74, 6) is -1.08. The van der Waals surface area contributed by atoms with Gasteiger partial charge in [-0.1, -0.05) is 6.92 Å². The fraction of sp³-hybridized carbons (Fsp3) is 0.625. The molecule has 0 aliphatic carbocycles. The lowest BCUT2D eigenvalue weighted by atomic mass is 10.0. The van der Waals surface area contributed by atoms with Crippen LogP contribution >= 0.6 is 0 Å². The summed E-state index contributed by atoms with van der Waals surface area (Å²) in [6.07, 6.45) is 1.13. The van der Waals surface area contributed by atoms with Crippen LogP contribution in [0.2, 0.25) is 0 Å². The molecule has 21 heavy (non-hydrogen) atoms. The number of halogens is 2. The van der Waals surface area contributed by atoms with Crippen LogP contribution < -0.4 is 5.73 Å². The monoisotopic (exact) mass is 297 g/mol. The van der Waals surface area contributed by atoms with Gasteiger partial charge in [-0.25, -0.2) is 8.78 Å². The van der Waals surface area contributed by atoms with E-state index < -0.39 is 11.6 Å². The average Bonchev–Trinajstić information content (AvgIpc) is 2.47. The van der Waals surface area contributed by atoms with Crippen molar-refractivity contribution in [3.63, 3.8) is 0 Å². The summed E-state index contributed by atoms with van der Waals surface area (Å²) in [7, 11) is 0. The molecule has 0 amide bonds. The minimum atomic E-state index is -0.540. The zero-order chi connectivity index (χ0) is 15.4. The summed E-state index contributed by atoms with van der Waals surface area (Å²) < 4.78 is 26.8. The Kier molecular flexibility index (Phi) is 5.67. The van der Waals surface area contributed by atoms with Crippen molar-refractivity contribution in [1.82, 2.24) is 9.80 Å². The molecule has 0 saturated carbocycles. The standard InChI is InChI=1S/C16H25F2N3/c1-3-12(2)20-4-6-21(7-5-20)16(11-19)13-8-14(17)10-15(18)9-13/h8-10,12,16H,3-7,11,19H2,1-2H3. The molecule has 1 fully saturated rings. The van der Waals surface area contributed by atoms with Crippen molar-refractivity contribution >= 4 is 0 Å². The number of hydrogen-bond acceptors (Lipinski definition) is 3. The molecule has 2 atom stereocenters. The average molecular weight is 297 g/mol. The van der Waals surface area contributed by atoms with Crippen molar-refractivity contribution in [2.75, 3.05) is 32.7 Å². The quantitative estimate of drug-likeness (QED) is 0.906. The van der Waals surface area contributed by atoms with E-state index in [9.17, 15) is 8.78 Å². The minimum Gasteiger partial charge on any atom is -0.329 e. The smallest absolute Gasteiger partial charge is 0.126 e. The van der Waals surface area contributed by atoms with Crippen LogP contribution in [0.4, 0.5) is 8.78 Å². The maximum Gasteiger partial charge on any atom is 0.126 e. The Balaban J connectivity index is 2.06. The topological polar surface area (TPSA) is 32.5 Å². The molecule has 1 aliphatic rings. The van der Waals surface area contributed by atoms with Gasteiger partial charge in [0.2, 0.25) is 0 Å². The van der Waals surface area contributed by atoms with E-state index in [2.05, 4.69) is 23.6 Å². The SMILES string of the molecule is CCC(C)N1CCN(C(CN)c2cc(F)cc(F)c2)CC1. The van der Waals surface area contributed by atoms with Gasteiger partial charge in [0.1, 0.15) is 11.6 Å². The maximum absolute atomic E-state index is 13.4. The zero-order valence-electron chi connectivity index (χ0n) is 12.9. The number of benzene rings is 1. The van der Waals surface area contributed by atoms with E-state index in [1.54, 1.807) is 0 Å². The van der Waals surface area contributed by atoms with Crippen molar-refractivity contribution in [2.45, 2.75) is 32.4 Å². The van der Waals surface area contributed by atoms with Gasteiger partial charge in [-0.3, -0.25) is 9.80 Å². The van der Waals surface area contributed by atoms with Crippen LogP contribution in [0.25, 0.3) is 0 Å². The predicted molar refractivity (Wildman–Crippen MR) is 81.1 cm³/mol. The van der Waals surface area contributed by atoms with E-state index in [-0.39, 0.29) is 6.04 Å². The first-order valence-electron chi connectivity index (χ1n) is 7.69. The van der Waals surface area contributed by atoms with Gasteiger partial charge in [0, 0.05) is 50.9 Å². The molecular weight excluding hydrogens is 272 g/mol. The Hall–Kier alpha value is -1.04. The van der Waals surface area contributed by atoms with Crippen molar-refractivity contribution in [3.8, 4) is 0 Å². The third kappa shape index (κ3) is 3.99. The molecule has 118 valence electrons. The first kappa shape index (κ1) is 16.3. The minimum absolute atomic E-state index is 0.116. The molecule has 0 aromatic heterocycles. The van der Waals surface area contributed by atoms with Gasteiger partial charge in [0.25, 0.3) is 0 Å². The van der Waals surface area contributed by atoms with E-state index in [0.29, 0.717) is 18.2 Å². The van der Waals surface area contributed by atoms with E-state index >= 15 is 0 Å². The second-order valence-electron chi connectivity index (χ2n) is 5.78. The highest BCUT2D eigenvalue weighted by Gasteiger charge is 2.26. The lowest BCUT2D eigenvalue weighted by Gasteiger charge is -2.41. The second kappa shape index (κ2) is 7.29.